The Hall–Kier alpha value is -2.08. The summed E-state index contributed by atoms with van der Waals surface area (Å²) in [5.41, 5.74) is -0.373. The van der Waals surface area contributed by atoms with Crippen LogP contribution in [-0.2, 0) is 9.53 Å². The highest BCUT2D eigenvalue weighted by Crippen LogP contribution is 2.19. The summed E-state index contributed by atoms with van der Waals surface area (Å²) >= 11 is 0. The Labute approximate surface area is 136 Å². The molecule has 0 aliphatic carbocycles. The molecule has 1 aromatic carbocycles. The molecule has 0 saturated heterocycles. The van der Waals surface area contributed by atoms with E-state index in [4.69, 9.17) is 14.6 Å². The Morgan fingerprint density at radius 3 is 2.65 bits per heavy atom. The van der Waals surface area contributed by atoms with Crippen LogP contribution in [0.1, 0.15) is 37.0 Å². The van der Waals surface area contributed by atoms with E-state index in [0.29, 0.717) is 37.5 Å². The van der Waals surface area contributed by atoms with Gasteiger partial charge >= 0.3 is 5.97 Å². The normalized spacial score (nSPS) is 11.1. The van der Waals surface area contributed by atoms with E-state index >= 15 is 0 Å². The molecule has 0 aromatic heterocycles. The van der Waals surface area contributed by atoms with Gasteiger partial charge in [-0.3, -0.25) is 9.59 Å². The zero-order valence-electron chi connectivity index (χ0n) is 13.9. The van der Waals surface area contributed by atoms with Gasteiger partial charge in [0.1, 0.15) is 5.75 Å². The van der Waals surface area contributed by atoms with E-state index in [1.807, 2.05) is 0 Å². The van der Waals surface area contributed by atoms with Crippen molar-refractivity contribution in [1.29, 1.82) is 0 Å². The van der Waals surface area contributed by atoms with Gasteiger partial charge in [-0.1, -0.05) is 6.07 Å². The highest BCUT2D eigenvalue weighted by molar-refractivity contribution is 5.94. The minimum absolute atomic E-state index is 0.242. The van der Waals surface area contributed by atoms with Gasteiger partial charge < -0.3 is 19.9 Å². The molecule has 0 spiro atoms. The van der Waals surface area contributed by atoms with E-state index in [1.165, 1.54) is 0 Å². The first-order valence-corrected chi connectivity index (χ1v) is 7.60. The van der Waals surface area contributed by atoms with Crippen molar-refractivity contribution in [2.75, 3.05) is 26.9 Å². The standard InChI is InChI=1S/C17H25NO5/c1-17(2,16(20)21)8-9-18-15(19)13-6-4-7-14(12-13)23-11-5-10-22-3/h4,6-7,12H,5,8-11H2,1-3H3,(H,18,19)(H,20,21). The first-order chi connectivity index (χ1) is 10.9. The zero-order chi connectivity index (χ0) is 17.3. The van der Waals surface area contributed by atoms with Crippen LogP contribution in [0, 0.1) is 5.41 Å². The first kappa shape index (κ1) is 19.0. The molecule has 23 heavy (non-hydrogen) atoms. The SMILES string of the molecule is COCCCOc1cccc(C(=O)NCCC(C)(C)C(=O)O)c1. The minimum Gasteiger partial charge on any atom is -0.493 e. The van der Waals surface area contributed by atoms with Gasteiger partial charge in [-0.05, 0) is 38.5 Å². The molecule has 1 aromatic rings. The van der Waals surface area contributed by atoms with E-state index in [9.17, 15) is 9.59 Å². The fourth-order valence-electron chi connectivity index (χ4n) is 1.82. The number of carbonyl (C=O) groups is 2. The third kappa shape index (κ3) is 6.69. The molecule has 0 unspecified atom stereocenters. The van der Waals surface area contributed by atoms with E-state index < -0.39 is 11.4 Å². The van der Waals surface area contributed by atoms with Crippen molar-refractivity contribution in [3.63, 3.8) is 0 Å². The molecule has 0 aliphatic rings. The molecule has 0 aliphatic heterocycles. The summed E-state index contributed by atoms with van der Waals surface area (Å²) in [5.74, 6) is -0.494. The second-order valence-electron chi connectivity index (χ2n) is 5.92. The van der Waals surface area contributed by atoms with Gasteiger partial charge in [0.2, 0.25) is 0 Å². The molecule has 1 amide bonds. The fraction of sp³-hybridized carbons (Fsp3) is 0.529. The summed E-state index contributed by atoms with van der Waals surface area (Å²) < 4.78 is 10.5. The topological polar surface area (TPSA) is 84.9 Å². The molecule has 6 heteroatoms. The number of carboxylic acids is 1. The molecule has 128 valence electrons. The quantitative estimate of drug-likeness (QED) is 0.646. The Kier molecular flexibility index (Phi) is 7.54. The third-order valence-corrected chi connectivity index (χ3v) is 3.47. The summed E-state index contributed by atoms with van der Waals surface area (Å²) in [6, 6.07) is 6.91. The van der Waals surface area contributed by atoms with E-state index in [-0.39, 0.29) is 5.91 Å². The number of hydrogen-bond acceptors (Lipinski definition) is 4. The number of rotatable bonds is 10. The maximum Gasteiger partial charge on any atom is 0.309 e. The molecule has 0 radical (unpaired) electrons. The van der Waals surface area contributed by atoms with Crippen molar-refractivity contribution in [3.05, 3.63) is 29.8 Å². The van der Waals surface area contributed by atoms with Crippen LogP contribution in [0.25, 0.3) is 0 Å². The number of carboxylic acid groups (broad SMARTS) is 1. The molecule has 0 saturated carbocycles. The van der Waals surface area contributed by atoms with Crippen LogP contribution in [0.3, 0.4) is 0 Å². The summed E-state index contributed by atoms with van der Waals surface area (Å²) in [6.45, 7) is 4.72. The van der Waals surface area contributed by atoms with Gasteiger partial charge in [0.05, 0.1) is 12.0 Å². The summed E-state index contributed by atoms with van der Waals surface area (Å²) in [5, 5.41) is 11.8. The summed E-state index contributed by atoms with van der Waals surface area (Å²) in [7, 11) is 1.64. The Morgan fingerprint density at radius 2 is 2.00 bits per heavy atom. The monoisotopic (exact) mass is 323 g/mol. The highest BCUT2D eigenvalue weighted by atomic mass is 16.5. The lowest BCUT2D eigenvalue weighted by molar-refractivity contribution is -0.147. The Morgan fingerprint density at radius 1 is 1.26 bits per heavy atom. The van der Waals surface area contributed by atoms with Crippen LogP contribution >= 0.6 is 0 Å². The number of methoxy groups -OCH3 is 1. The summed E-state index contributed by atoms with van der Waals surface area (Å²) in [4.78, 5) is 23.1. The molecule has 6 nitrogen and oxygen atoms in total. The number of ether oxygens (including phenoxy) is 2. The predicted octanol–water partition coefficient (Wildman–Crippen LogP) is 2.33. The van der Waals surface area contributed by atoms with E-state index in [0.717, 1.165) is 6.42 Å². The molecule has 0 bridgehead atoms. The lowest BCUT2D eigenvalue weighted by atomic mass is 9.90. The average Bonchev–Trinajstić information content (AvgIpc) is 2.51. The fourth-order valence-corrected chi connectivity index (χ4v) is 1.82. The zero-order valence-corrected chi connectivity index (χ0v) is 13.9. The number of hydrogen-bond donors (Lipinski definition) is 2. The Bertz CT molecular complexity index is 527. The van der Waals surface area contributed by atoms with Crippen LogP contribution in [0.15, 0.2) is 24.3 Å². The van der Waals surface area contributed by atoms with E-state index in [2.05, 4.69) is 5.32 Å². The first-order valence-electron chi connectivity index (χ1n) is 7.60. The molecule has 0 atom stereocenters. The molecule has 1 rings (SSSR count). The van der Waals surface area contributed by atoms with E-state index in [1.54, 1.807) is 45.2 Å². The smallest absolute Gasteiger partial charge is 0.309 e. The largest absolute Gasteiger partial charge is 0.493 e. The molecular weight excluding hydrogens is 298 g/mol. The highest BCUT2D eigenvalue weighted by Gasteiger charge is 2.26. The molecular formula is C17H25NO5. The lowest BCUT2D eigenvalue weighted by Gasteiger charge is -2.18. The van der Waals surface area contributed by atoms with Crippen LogP contribution < -0.4 is 10.1 Å². The molecule has 0 heterocycles. The van der Waals surface area contributed by atoms with Crippen LogP contribution in [-0.4, -0.2) is 43.9 Å². The number of aliphatic carboxylic acids is 1. The van der Waals surface area contributed by atoms with Gasteiger partial charge in [-0.2, -0.15) is 0 Å². The number of nitrogens with one attached hydrogen (secondary N) is 1. The Balaban J connectivity index is 2.48. The van der Waals surface area contributed by atoms with Crippen LogP contribution in [0.5, 0.6) is 5.75 Å². The lowest BCUT2D eigenvalue weighted by Crippen LogP contribution is -2.31. The molecule has 0 fully saturated rings. The number of carbonyl (C=O) groups excluding carboxylic acids is 1. The maximum atomic E-state index is 12.1. The second-order valence-corrected chi connectivity index (χ2v) is 5.92. The van der Waals surface area contributed by atoms with Crippen molar-refractivity contribution < 1.29 is 24.2 Å². The minimum atomic E-state index is -0.877. The van der Waals surface area contributed by atoms with Crippen LogP contribution in [0.4, 0.5) is 0 Å². The van der Waals surface area contributed by atoms with Gasteiger partial charge in [-0.15, -0.1) is 0 Å². The number of amides is 1. The number of benzene rings is 1. The predicted molar refractivity (Wildman–Crippen MR) is 86.8 cm³/mol. The molecule has 2 N–H and O–H groups in total. The second kappa shape index (κ2) is 9.15. The summed E-state index contributed by atoms with van der Waals surface area (Å²) in [6.07, 6.45) is 1.14. The van der Waals surface area contributed by atoms with Gasteiger partial charge in [0, 0.05) is 32.2 Å². The van der Waals surface area contributed by atoms with Crippen molar-refractivity contribution in [2.24, 2.45) is 5.41 Å². The average molecular weight is 323 g/mol. The third-order valence-electron chi connectivity index (χ3n) is 3.47. The van der Waals surface area contributed by atoms with Crippen molar-refractivity contribution >= 4 is 11.9 Å². The van der Waals surface area contributed by atoms with Crippen molar-refractivity contribution in [3.8, 4) is 5.75 Å². The van der Waals surface area contributed by atoms with Crippen molar-refractivity contribution in [1.82, 2.24) is 5.32 Å². The van der Waals surface area contributed by atoms with Gasteiger partial charge in [-0.25, -0.2) is 0 Å². The van der Waals surface area contributed by atoms with Crippen LogP contribution in [0.2, 0.25) is 0 Å². The maximum absolute atomic E-state index is 12.1. The van der Waals surface area contributed by atoms with Gasteiger partial charge in [0.25, 0.3) is 5.91 Å². The van der Waals surface area contributed by atoms with Gasteiger partial charge in [0.15, 0.2) is 0 Å². The van der Waals surface area contributed by atoms with Crippen molar-refractivity contribution in [2.45, 2.75) is 26.7 Å².